The van der Waals surface area contributed by atoms with E-state index in [-0.39, 0.29) is 74.1 Å². The van der Waals surface area contributed by atoms with Crippen molar-refractivity contribution in [2.24, 2.45) is 11.8 Å². The lowest BCUT2D eigenvalue weighted by atomic mass is 10.0. The van der Waals surface area contributed by atoms with E-state index in [2.05, 4.69) is 69.1 Å². The second-order valence-electron chi connectivity index (χ2n) is 24.8. The molecule has 2 heterocycles. The van der Waals surface area contributed by atoms with E-state index in [0.29, 0.717) is 5.56 Å². The molecule has 2 aliphatic heterocycles. The van der Waals surface area contributed by atoms with Crippen LogP contribution in [0, 0.1) is 11.8 Å². The number of hydrogen-bond donors (Lipinski definition) is 18. The van der Waals surface area contributed by atoms with Crippen LogP contribution in [0.5, 0.6) is 11.5 Å². The normalized spacial score (nSPS) is 21.4. The Balaban J connectivity index is 1.88. The first-order valence-electron chi connectivity index (χ1n) is 32.0. The smallest absolute Gasteiger partial charge is 0.305 e. The number of carbonyl (C=O) groups is 16. The first-order chi connectivity index (χ1) is 47.0. The van der Waals surface area contributed by atoms with E-state index in [1.54, 1.807) is 27.7 Å². The van der Waals surface area contributed by atoms with Gasteiger partial charge in [-0.2, -0.15) is 0 Å². The summed E-state index contributed by atoms with van der Waals surface area (Å²) >= 11 is 0. The molecule has 0 aliphatic carbocycles. The maximum absolute atomic E-state index is 14.9. The van der Waals surface area contributed by atoms with Crippen LogP contribution in [0.3, 0.4) is 0 Å². The van der Waals surface area contributed by atoms with Crippen molar-refractivity contribution in [1.82, 2.24) is 74.0 Å². The maximum Gasteiger partial charge on any atom is 0.305 e. The number of aliphatic hydroxyl groups excluding tert-OH is 1. The van der Waals surface area contributed by atoms with Gasteiger partial charge in [-0.25, -0.2) is 0 Å². The van der Waals surface area contributed by atoms with Gasteiger partial charge < -0.3 is 99.6 Å². The van der Waals surface area contributed by atoms with Crippen molar-refractivity contribution in [2.45, 2.75) is 172 Å². The molecule has 18 N–H and O–H groups in total. The van der Waals surface area contributed by atoms with Crippen LogP contribution in [0.1, 0.15) is 98.1 Å². The molecule has 2 saturated heterocycles. The van der Waals surface area contributed by atoms with E-state index in [0.717, 1.165) is 40.3 Å². The summed E-state index contributed by atoms with van der Waals surface area (Å²) in [5.41, 5.74) is 0.617. The van der Waals surface area contributed by atoms with Crippen LogP contribution in [0.15, 0.2) is 48.5 Å². The molecular weight excluding hydrogens is 1350 g/mol. The minimum absolute atomic E-state index is 0.00570. The molecule has 2 aromatic carbocycles. The molecule has 100 heavy (non-hydrogen) atoms. The molecule has 550 valence electrons. The van der Waals surface area contributed by atoms with Gasteiger partial charge in [0.05, 0.1) is 25.5 Å². The summed E-state index contributed by atoms with van der Waals surface area (Å²) in [6.45, 7) is 8.90. The molecule has 35 nitrogen and oxygen atoms in total. The minimum Gasteiger partial charge on any atom is -0.508 e. The van der Waals surface area contributed by atoms with E-state index in [9.17, 15) is 102 Å². The zero-order valence-corrected chi connectivity index (χ0v) is 58.1. The summed E-state index contributed by atoms with van der Waals surface area (Å²) in [4.78, 5) is 220. The predicted octanol–water partition coefficient (Wildman–Crippen LogP) is -4.44. The molecule has 0 aromatic heterocycles. The number of rotatable bonds is 26. The second kappa shape index (κ2) is 40.3. The van der Waals surface area contributed by atoms with Crippen LogP contribution in [0.2, 0.25) is 0 Å². The number of amides is 14. The van der Waals surface area contributed by atoms with Gasteiger partial charge in [-0.15, -0.1) is 0 Å². The largest absolute Gasteiger partial charge is 0.508 e. The fourth-order valence-corrected chi connectivity index (χ4v) is 12.7. The Morgan fingerprint density at radius 2 is 1.11 bits per heavy atom. The van der Waals surface area contributed by atoms with E-state index in [4.69, 9.17) is 0 Å². The van der Waals surface area contributed by atoms with Crippen LogP contribution in [0.25, 0.3) is 0 Å². The molecule has 37 heteroatoms. The first kappa shape index (κ1) is 82.6. The summed E-state index contributed by atoms with van der Waals surface area (Å²) in [6.07, 6.45) is -4.52. The van der Waals surface area contributed by atoms with Crippen LogP contribution < -0.4 is 69.1 Å². The molecule has 2 unspecified atom stereocenters. The summed E-state index contributed by atoms with van der Waals surface area (Å²) < 4.78 is 0. The lowest BCUT2D eigenvalue weighted by Crippen LogP contribution is -2.61. The third-order valence-electron chi connectivity index (χ3n) is 15.4. The Morgan fingerprint density at radius 1 is 0.580 bits per heavy atom. The van der Waals surface area contributed by atoms with Crippen LogP contribution in [-0.4, -0.2) is 236 Å². The van der Waals surface area contributed by atoms with Crippen molar-refractivity contribution in [3.8, 4) is 11.5 Å². The number of carboxylic acid groups (broad SMARTS) is 2. The number of carbonyl (C=O) groups excluding carboxylic acids is 14. The average Bonchev–Trinajstić information content (AvgIpc) is 1.59. The highest BCUT2D eigenvalue weighted by atomic mass is 33.1. The predicted molar refractivity (Wildman–Crippen MR) is 359 cm³/mol. The van der Waals surface area contributed by atoms with Gasteiger partial charge in [-0.1, -0.05) is 73.5 Å². The number of aliphatic carboxylic acids is 2. The van der Waals surface area contributed by atoms with E-state index < -0.39 is 205 Å². The molecule has 4 rings (SSSR count). The summed E-state index contributed by atoms with van der Waals surface area (Å²) in [5, 5.41) is 82.4. The lowest BCUT2D eigenvalue weighted by molar-refractivity contribution is -0.143. The highest BCUT2D eigenvalue weighted by Gasteiger charge is 2.42. The Bertz CT molecular complexity index is 3290. The van der Waals surface area contributed by atoms with Crippen molar-refractivity contribution in [2.75, 3.05) is 38.2 Å². The third-order valence-corrected chi connectivity index (χ3v) is 17.8. The molecule has 14 amide bonds. The Labute approximate surface area is 583 Å². The van der Waals surface area contributed by atoms with Gasteiger partial charge in [-0.05, 0) is 79.8 Å². The highest BCUT2D eigenvalue weighted by Crippen LogP contribution is 2.26. The lowest BCUT2D eigenvalue weighted by Gasteiger charge is -2.31. The maximum atomic E-state index is 14.9. The van der Waals surface area contributed by atoms with Crippen LogP contribution in [0.4, 0.5) is 0 Å². The number of nitrogens with zero attached hydrogens (tertiary/aromatic N) is 1. The van der Waals surface area contributed by atoms with Gasteiger partial charge >= 0.3 is 11.9 Å². The fourth-order valence-electron chi connectivity index (χ4n) is 10.4. The zero-order chi connectivity index (χ0) is 74.7. The second-order valence-corrected chi connectivity index (χ2v) is 27.3. The Kier molecular flexibility index (Phi) is 33.3. The van der Waals surface area contributed by atoms with Gasteiger partial charge in [0.15, 0.2) is 0 Å². The molecule has 0 spiro atoms. The minimum atomic E-state index is -2.08. The summed E-state index contributed by atoms with van der Waals surface area (Å²) in [6, 6.07) is -7.54. The summed E-state index contributed by atoms with van der Waals surface area (Å²) in [5.74, 6) is -19.0. The molecule has 0 bridgehead atoms. The van der Waals surface area contributed by atoms with Gasteiger partial charge in [-0.3, -0.25) is 76.7 Å². The topological polar surface area (TPSA) is 534 Å². The van der Waals surface area contributed by atoms with Gasteiger partial charge in [0, 0.05) is 58.3 Å². The number of likely N-dealkylation sites (tertiary alicyclic amines) is 1. The number of aromatic hydroxyl groups is 2. The Morgan fingerprint density at radius 3 is 1.64 bits per heavy atom. The number of carboxylic acids is 2. The number of phenols is 2. The monoisotopic (exact) mass is 1440 g/mol. The number of phenolic OH excluding ortho intramolecular Hbond substituents is 2. The average molecular weight is 1440 g/mol. The fraction of sp³-hybridized carbons (Fsp3) is 0.556. The van der Waals surface area contributed by atoms with Crippen molar-refractivity contribution in [1.29, 1.82) is 0 Å². The SMILES string of the molecule is CNC(=O)[C@H](CC(=O)O)NC(=O)[C@H](CC(C)C)NC(=O)[C@@H]1CSSC[C@H](NC(=O)[C@@H]2CCCN2C(=O)[C@H](CC(C)C)NC(=O)C(CNC(C)=O)NC(C)=O)C(=O)N[C@@H](CC(=O)O)C(=O)N[C@@H](Cc2ccc(O)cc2)C(=O)N[C@@H](Cc2ccc(O)cc2)C(=O)NCC(=O)N[C@@H](C(C)O)C(=O)N1. The van der Waals surface area contributed by atoms with E-state index in [1.165, 1.54) is 62.5 Å². The van der Waals surface area contributed by atoms with Gasteiger partial charge in [0.2, 0.25) is 82.7 Å². The number of benzene rings is 2. The molecular formula is C63H90N14O21S2. The van der Waals surface area contributed by atoms with Crippen molar-refractivity contribution >= 4 is 116 Å². The van der Waals surface area contributed by atoms with Crippen LogP contribution in [-0.2, 0) is 89.6 Å². The number of hydrogen-bond acceptors (Lipinski definition) is 21. The summed E-state index contributed by atoms with van der Waals surface area (Å²) in [7, 11) is 2.67. The quantitative estimate of drug-likeness (QED) is 0.0395. The molecule has 2 aliphatic rings. The van der Waals surface area contributed by atoms with E-state index in [1.807, 2.05) is 0 Å². The third kappa shape index (κ3) is 27.9. The number of likely N-dealkylation sites (N-methyl/N-ethyl adjacent to an activating group) is 1. The molecule has 0 radical (unpaired) electrons. The van der Waals surface area contributed by atoms with Crippen molar-refractivity contribution in [3.63, 3.8) is 0 Å². The first-order valence-corrected chi connectivity index (χ1v) is 34.5. The molecule has 2 fully saturated rings. The standard InChI is InChI=1S/C63H90N14O21S2/c1-30(2)20-39(55(90)71-42(24-50(84)85)53(88)64-8)68-60(95)47-29-100-99-28-46(74-61(96)48-10-9-19-77(48)63(98)44(21-31(3)4)73-58(93)45(67-34(7)80)26-65-33(6)79)59(94)72-43(25-51(86)87)57(92)70-41(23-36-13-17-38(82)18-14-36)56(91)69-40(22-35-11-15-37(81)16-12-35)54(89)66-27-49(83)76-52(32(5)78)62(97)75-47/h11-18,30-32,39-48,52,78,81-82H,9-10,19-29H2,1-8H3,(H,64,88)(H,65,79)(H,66,89)(H,67,80)(H,68,95)(H,69,91)(H,70,92)(H,71,90)(H,72,94)(H,73,93)(H,74,96)(H,75,97)(H,76,83)(H,84,85)(H,86,87)/t32?,39-,40-,41-,42-,43-,44-,45?,46-,47-,48-,52-/m0/s1. The Hall–Kier alpha value is -9.78. The number of aliphatic hydroxyl groups is 1. The van der Waals surface area contributed by atoms with Crippen molar-refractivity contribution < 1.29 is 102 Å². The molecule has 12 atom stereocenters. The highest BCUT2D eigenvalue weighted by molar-refractivity contribution is 8.76. The molecule has 0 saturated carbocycles. The van der Waals surface area contributed by atoms with E-state index >= 15 is 0 Å². The van der Waals surface area contributed by atoms with Gasteiger partial charge in [0.1, 0.15) is 78.0 Å². The van der Waals surface area contributed by atoms with Crippen molar-refractivity contribution in [3.05, 3.63) is 59.7 Å². The zero-order valence-electron chi connectivity index (χ0n) is 56.4. The van der Waals surface area contributed by atoms with Gasteiger partial charge in [0.25, 0.3) is 0 Å². The molecule has 2 aromatic rings. The van der Waals surface area contributed by atoms with Crippen LogP contribution >= 0.6 is 21.6 Å². The number of nitrogens with one attached hydrogen (secondary N) is 13.